The van der Waals surface area contributed by atoms with Gasteiger partial charge in [-0.2, -0.15) is 0 Å². The van der Waals surface area contributed by atoms with E-state index in [1.54, 1.807) is 0 Å². The second-order valence-corrected chi connectivity index (χ2v) is 4.48. The number of hydrogen-bond acceptors (Lipinski definition) is 2. The van der Waals surface area contributed by atoms with Gasteiger partial charge in [-0.3, -0.25) is 0 Å². The fourth-order valence-corrected chi connectivity index (χ4v) is 2.42. The fourth-order valence-electron chi connectivity index (χ4n) is 2.08. The Bertz CT molecular complexity index is 603. The summed E-state index contributed by atoms with van der Waals surface area (Å²) in [5.41, 5.74) is 4.21. The van der Waals surface area contributed by atoms with E-state index in [1.807, 2.05) is 37.3 Å². The lowest BCUT2D eigenvalue weighted by Crippen LogP contribution is -1.97. The topological polar surface area (TPSA) is 25.8 Å². The number of allylic oxidation sites excluding steroid dienone is 2. The molecule has 0 unspecified atom stereocenters. The molecule has 84 valence electrons. The van der Waals surface area contributed by atoms with Crippen LogP contribution in [-0.4, -0.2) is 9.97 Å². The van der Waals surface area contributed by atoms with Crippen molar-refractivity contribution in [3.05, 3.63) is 52.8 Å². The number of nitrogens with zero attached hydrogens (tertiary/aromatic N) is 2. The van der Waals surface area contributed by atoms with E-state index in [2.05, 4.69) is 16.0 Å². The van der Waals surface area contributed by atoms with E-state index in [4.69, 9.17) is 11.6 Å². The molecule has 1 aliphatic rings. The van der Waals surface area contributed by atoms with Crippen molar-refractivity contribution in [3.63, 3.8) is 0 Å². The summed E-state index contributed by atoms with van der Waals surface area (Å²) in [6.45, 7) is 2.04. The van der Waals surface area contributed by atoms with Gasteiger partial charge < -0.3 is 0 Å². The molecule has 0 radical (unpaired) electrons. The zero-order valence-electron chi connectivity index (χ0n) is 9.44. The molecule has 17 heavy (non-hydrogen) atoms. The maximum absolute atomic E-state index is 6.23. The summed E-state index contributed by atoms with van der Waals surface area (Å²) in [5.74, 6) is 0.706. The van der Waals surface area contributed by atoms with E-state index >= 15 is 0 Å². The normalized spacial score (nSPS) is 13.4. The van der Waals surface area contributed by atoms with Crippen molar-refractivity contribution in [2.75, 3.05) is 0 Å². The molecule has 3 heteroatoms. The molecule has 0 spiro atoms. The molecule has 0 amide bonds. The highest BCUT2D eigenvalue weighted by atomic mass is 35.5. The third-order valence-electron chi connectivity index (χ3n) is 2.97. The van der Waals surface area contributed by atoms with E-state index < -0.39 is 0 Å². The van der Waals surface area contributed by atoms with Crippen LogP contribution < -0.4 is 0 Å². The van der Waals surface area contributed by atoms with Crippen molar-refractivity contribution in [1.82, 2.24) is 9.97 Å². The van der Waals surface area contributed by atoms with E-state index in [-0.39, 0.29) is 0 Å². The van der Waals surface area contributed by atoms with Crippen LogP contribution in [0.5, 0.6) is 0 Å². The molecule has 3 rings (SSSR count). The number of benzene rings is 1. The first-order valence-corrected chi connectivity index (χ1v) is 5.92. The molecular weight excluding hydrogens is 232 g/mol. The van der Waals surface area contributed by atoms with Crippen LogP contribution in [0, 0.1) is 0 Å². The van der Waals surface area contributed by atoms with E-state index in [0.29, 0.717) is 11.0 Å². The quantitative estimate of drug-likeness (QED) is 0.712. The molecule has 0 saturated carbocycles. The van der Waals surface area contributed by atoms with Gasteiger partial charge in [0.15, 0.2) is 5.82 Å². The van der Waals surface area contributed by atoms with Crippen LogP contribution in [0.3, 0.4) is 0 Å². The minimum Gasteiger partial charge on any atom is -0.232 e. The van der Waals surface area contributed by atoms with Crippen LogP contribution in [-0.2, 0) is 6.42 Å². The fraction of sp³-hybridized carbons (Fsp3) is 0.143. The summed E-state index contributed by atoms with van der Waals surface area (Å²) in [6, 6.07) is 9.91. The van der Waals surface area contributed by atoms with E-state index in [0.717, 1.165) is 23.2 Å². The Balaban J connectivity index is 2.15. The van der Waals surface area contributed by atoms with Crippen LogP contribution in [0.25, 0.3) is 17.0 Å². The lowest BCUT2D eigenvalue weighted by molar-refractivity contribution is 1.07. The Morgan fingerprint density at radius 1 is 1.12 bits per heavy atom. The first-order valence-electron chi connectivity index (χ1n) is 5.54. The summed E-state index contributed by atoms with van der Waals surface area (Å²) in [4.78, 5) is 8.97. The van der Waals surface area contributed by atoms with Crippen molar-refractivity contribution in [2.24, 2.45) is 0 Å². The smallest absolute Gasteiger partial charge is 0.161 e. The lowest BCUT2D eigenvalue weighted by Gasteiger charge is -2.06. The number of hydrogen-bond donors (Lipinski definition) is 0. The summed E-state index contributed by atoms with van der Waals surface area (Å²) >= 11 is 6.23. The number of rotatable bonds is 1. The van der Waals surface area contributed by atoms with Gasteiger partial charge in [-0.25, -0.2) is 9.97 Å². The van der Waals surface area contributed by atoms with Crippen molar-refractivity contribution in [2.45, 2.75) is 13.3 Å². The van der Waals surface area contributed by atoms with Crippen LogP contribution in [0.4, 0.5) is 0 Å². The molecule has 1 aromatic heterocycles. The van der Waals surface area contributed by atoms with Gasteiger partial charge in [0.2, 0.25) is 0 Å². The highest BCUT2D eigenvalue weighted by Crippen LogP contribution is 2.32. The largest absolute Gasteiger partial charge is 0.232 e. The van der Waals surface area contributed by atoms with Crippen LogP contribution in [0.2, 0.25) is 5.15 Å². The molecule has 2 aromatic rings. The second kappa shape index (κ2) is 3.97. The maximum atomic E-state index is 6.23. The summed E-state index contributed by atoms with van der Waals surface area (Å²) in [5, 5.41) is 0.556. The minimum atomic E-state index is 0.556. The molecule has 1 aromatic carbocycles. The van der Waals surface area contributed by atoms with Gasteiger partial charge in [-0.05, 0) is 12.5 Å². The predicted octanol–water partition coefficient (Wildman–Crippen LogP) is 3.76. The standard InChI is InChI=1S/C14H11ClN2/c1-9-7-8-11-12(9)13(15)17-14(16-11)10-5-3-2-4-6-10/h2-7H,8H2,1H3. The van der Waals surface area contributed by atoms with Gasteiger partial charge >= 0.3 is 0 Å². The van der Waals surface area contributed by atoms with Gasteiger partial charge in [0.05, 0.1) is 5.69 Å². The van der Waals surface area contributed by atoms with Gasteiger partial charge in [0.25, 0.3) is 0 Å². The molecule has 0 aliphatic heterocycles. The Morgan fingerprint density at radius 3 is 2.65 bits per heavy atom. The number of aromatic nitrogens is 2. The van der Waals surface area contributed by atoms with E-state index in [1.165, 1.54) is 5.57 Å². The van der Waals surface area contributed by atoms with Gasteiger partial charge in [0, 0.05) is 17.5 Å². The first kappa shape index (κ1) is 10.5. The Kier molecular flexibility index (Phi) is 2.45. The number of halogens is 1. The molecule has 1 aliphatic carbocycles. The van der Waals surface area contributed by atoms with E-state index in [9.17, 15) is 0 Å². The zero-order chi connectivity index (χ0) is 11.8. The highest BCUT2D eigenvalue weighted by molar-refractivity contribution is 6.31. The molecule has 1 heterocycles. The van der Waals surface area contributed by atoms with Crippen molar-refractivity contribution in [1.29, 1.82) is 0 Å². The molecule has 0 saturated heterocycles. The van der Waals surface area contributed by atoms with Crippen LogP contribution in [0.15, 0.2) is 36.4 Å². The Hall–Kier alpha value is -1.67. The van der Waals surface area contributed by atoms with Crippen molar-refractivity contribution < 1.29 is 0 Å². The lowest BCUT2D eigenvalue weighted by atomic mass is 10.1. The summed E-state index contributed by atoms with van der Waals surface area (Å²) in [7, 11) is 0. The van der Waals surface area contributed by atoms with Gasteiger partial charge in [0.1, 0.15) is 5.15 Å². The molecule has 0 N–H and O–H groups in total. The molecule has 2 nitrogen and oxygen atoms in total. The Morgan fingerprint density at radius 2 is 1.88 bits per heavy atom. The predicted molar refractivity (Wildman–Crippen MR) is 69.8 cm³/mol. The van der Waals surface area contributed by atoms with Crippen LogP contribution >= 0.6 is 11.6 Å². The molecule has 0 bridgehead atoms. The van der Waals surface area contributed by atoms with Crippen LogP contribution in [0.1, 0.15) is 18.2 Å². The second-order valence-electron chi connectivity index (χ2n) is 4.12. The monoisotopic (exact) mass is 242 g/mol. The van der Waals surface area contributed by atoms with Crippen molar-refractivity contribution in [3.8, 4) is 11.4 Å². The minimum absolute atomic E-state index is 0.556. The van der Waals surface area contributed by atoms with Gasteiger partial charge in [-0.15, -0.1) is 0 Å². The molecule has 0 atom stereocenters. The van der Waals surface area contributed by atoms with Crippen molar-refractivity contribution >= 4 is 17.2 Å². The molecule has 0 fully saturated rings. The highest BCUT2D eigenvalue weighted by Gasteiger charge is 2.18. The zero-order valence-corrected chi connectivity index (χ0v) is 10.2. The Labute approximate surface area is 105 Å². The third-order valence-corrected chi connectivity index (χ3v) is 3.24. The molecular formula is C14H11ClN2. The maximum Gasteiger partial charge on any atom is 0.161 e. The average Bonchev–Trinajstić information content (AvgIpc) is 2.73. The van der Waals surface area contributed by atoms with Gasteiger partial charge in [-0.1, -0.05) is 48.0 Å². The summed E-state index contributed by atoms with van der Waals surface area (Å²) in [6.07, 6.45) is 2.99. The number of fused-ring (bicyclic) bond motifs is 1. The SMILES string of the molecule is CC1=CCc2nc(-c3ccccc3)nc(Cl)c21. The summed E-state index contributed by atoms with van der Waals surface area (Å²) < 4.78 is 0. The third kappa shape index (κ3) is 1.75. The first-order chi connectivity index (χ1) is 8.25. The average molecular weight is 243 g/mol.